The van der Waals surface area contributed by atoms with Crippen molar-refractivity contribution in [2.24, 2.45) is 0 Å². The summed E-state index contributed by atoms with van der Waals surface area (Å²) in [5.41, 5.74) is 0.994. The molecule has 6 heteroatoms. The Kier molecular flexibility index (Phi) is 4.48. The number of benzene rings is 3. The SMILES string of the molecule is O=S(=O)(c1cccc2ccccc12)N1CC[NH+](c2ccc(F)cc2)CC1. The molecule has 4 rings (SSSR count). The summed E-state index contributed by atoms with van der Waals surface area (Å²) in [6.07, 6.45) is 0. The maximum atomic E-state index is 13.2. The molecule has 1 saturated heterocycles. The molecule has 0 aromatic heterocycles. The summed E-state index contributed by atoms with van der Waals surface area (Å²) in [5.74, 6) is -0.259. The van der Waals surface area contributed by atoms with Crippen LogP contribution in [0.5, 0.6) is 0 Å². The lowest BCUT2D eigenvalue weighted by Gasteiger charge is -2.31. The highest BCUT2D eigenvalue weighted by Crippen LogP contribution is 2.25. The van der Waals surface area contributed by atoms with Crippen molar-refractivity contribution in [1.29, 1.82) is 0 Å². The minimum atomic E-state index is -3.54. The predicted octanol–water partition coefficient (Wildman–Crippen LogP) is 2.20. The first-order chi connectivity index (χ1) is 12.6. The zero-order chi connectivity index (χ0) is 18.1. The van der Waals surface area contributed by atoms with Crippen molar-refractivity contribution < 1.29 is 17.7 Å². The van der Waals surface area contributed by atoms with E-state index in [-0.39, 0.29) is 5.82 Å². The van der Waals surface area contributed by atoms with Crippen molar-refractivity contribution in [3.05, 3.63) is 72.5 Å². The Bertz CT molecular complexity index is 1020. The normalized spacial score (nSPS) is 16.8. The number of hydrogen-bond acceptors (Lipinski definition) is 2. The summed E-state index contributed by atoms with van der Waals surface area (Å²) in [7, 11) is -3.54. The number of rotatable bonds is 3. The largest absolute Gasteiger partial charge is 0.300 e. The van der Waals surface area contributed by atoms with Gasteiger partial charge >= 0.3 is 0 Å². The molecule has 0 saturated carbocycles. The second kappa shape index (κ2) is 6.79. The predicted molar refractivity (Wildman–Crippen MR) is 99.5 cm³/mol. The molecule has 0 unspecified atom stereocenters. The van der Waals surface area contributed by atoms with Crippen LogP contribution in [0, 0.1) is 5.82 Å². The standard InChI is InChI=1S/C20H19FN2O2S/c21-17-8-10-18(11-9-17)22-12-14-23(15-13-22)26(24,25)20-7-3-5-16-4-1-2-6-19(16)20/h1-11H,12-15H2/p+1. The quantitative estimate of drug-likeness (QED) is 0.767. The molecule has 0 atom stereocenters. The lowest BCUT2D eigenvalue weighted by Crippen LogP contribution is -3.10. The van der Waals surface area contributed by atoms with Crippen LogP contribution in [0.2, 0.25) is 0 Å². The lowest BCUT2D eigenvalue weighted by atomic mass is 10.1. The fraction of sp³-hybridized carbons (Fsp3) is 0.200. The van der Waals surface area contributed by atoms with Gasteiger partial charge in [-0.2, -0.15) is 4.31 Å². The Morgan fingerprint density at radius 1 is 0.846 bits per heavy atom. The first-order valence-corrected chi connectivity index (χ1v) is 10.1. The third kappa shape index (κ3) is 3.11. The number of quaternary nitrogens is 1. The lowest BCUT2D eigenvalue weighted by molar-refractivity contribution is -0.837. The minimum Gasteiger partial charge on any atom is -0.300 e. The van der Waals surface area contributed by atoms with Crippen LogP contribution in [-0.2, 0) is 10.0 Å². The van der Waals surface area contributed by atoms with Crippen molar-refractivity contribution >= 4 is 26.5 Å². The van der Waals surface area contributed by atoms with Gasteiger partial charge in [0.05, 0.1) is 31.1 Å². The zero-order valence-corrected chi connectivity index (χ0v) is 15.0. The molecule has 1 N–H and O–H groups in total. The summed E-state index contributed by atoms with van der Waals surface area (Å²) in [4.78, 5) is 1.54. The fourth-order valence-corrected chi connectivity index (χ4v) is 5.19. The van der Waals surface area contributed by atoms with Crippen LogP contribution in [0.3, 0.4) is 0 Å². The van der Waals surface area contributed by atoms with E-state index in [2.05, 4.69) is 0 Å². The Hall–Kier alpha value is -2.28. The maximum Gasteiger partial charge on any atom is 0.244 e. The molecular weight excluding hydrogens is 351 g/mol. The van der Waals surface area contributed by atoms with E-state index in [1.54, 1.807) is 28.6 Å². The minimum absolute atomic E-state index is 0.259. The number of sulfonamides is 1. The van der Waals surface area contributed by atoms with Crippen LogP contribution >= 0.6 is 0 Å². The maximum absolute atomic E-state index is 13.2. The van der Waals surface area contributed by atoms with Gasteiger partial charge in [-0.1, -0.05) is 36.4 Å². The van der Waals surface area contributed by atoms with E-state index in [1.165, 1.54) is 17.0 Å². The highest BCUT2D eigenvalue weighted by Gasteiger charge is 2.32. The number of nitrogens with one attached hydrogen (secondary N) is 1. The van der Waals surface area contributed by atoms with E-state index in [1.807, 2.05) is 30.3 Å². The van der Waals surface area contributed by atoms with Gasteiger partial charge in [-0.15, -0.1) is 0 Å². The molecule has 0 amide bonds. The molecular formula is C20H20FN2O2S+. The Balaban J connectivity index is 1.57. The van der Waals surface area contributed by atoms with Crippen molar-refractivity contribution in [1.82, 2.24) is 4.31 Å². The molecule has 3 aromatic rings. The smallest absolute Gasteiger partial charge is 0.244 e. The summed E-state index contributed by atoms with van der Waals surface area (Å²) < 4.78 is 41.0. The van der Waals surface area contributed by atoms with Crippen LogP contribution in [-0.4, -0.2) is 38.9 Å². The van der Waals surface area contributed by atoms with E-state index in [4.69, 9.17) is 0 Å². The molecule has 1 aliphatic rings. The van der Waals surface area contributed by atoms with Crippen molar-refractivity contribution in [2.45, 2.75) is 4.90 Å². The van der Waals surface area contributed by atoms with Crippen molar-refractivity contribution in [3.63, 3.8) is 0 Å². The van der Waals surface area contributed by atoms with Crippen LogP contribution in [0.1, 0.15) is 0 Å². The summed E-state index contributed by atoms with van der Waals surface area (Å²) in [6.45, 7) is 2.21. The van der Waals surface area contributed by atoms with Gasteiger partial charge in [-0.05, 0) is 23.6 Å². The monoisotopic (exact) mass is 371 g/mol. The highest BCUT2D eigenvalue weighted by molar-refractivity contribution is 7.89. The van der Waals surface area contributed by atoms with E-state index < -0.39 is 10.0 Å². The van der Waals surface area contributed by atoms with E-state index in [0.29, 0.717) is 31.1 Å². The molecule has 1 aliphatic heterocycles. The van der Waals surface area contributed by atoms with Gasteiger partial charge in [0, 0.05) is 17.5 Å². The molecule has 0 radical (unpaired) electrons. The van der Waals surface area contributed by atoms with E-state index >= 15 is 0 Å². The molecule has 0 bridgehead atoms. The number of nitrogens with zero attached hydrogens (tertiary/aromatic N) is 1. The van der Waals surface area contributed by atoms with Crippen LogP contribution in [0.25, 0.3) is 10.8 Å². The molecule has 4 nitrogen and oxygen atoms in total. The van der Waals surface area contributed by atoms with Crippen molar-refractivity contribution in [3.8, 4) is 0 Å². The first-order valence-electron chi connectivity index (χ1n) is 8.64. The van der Waals surface area contributed by atoms with Crippen molar-refractivity contribution in [2.75, 3.05) is 26.2 Å². The van der Waals surface area contributed by atoms with Crippen LogP contribution < -0.4 is 4.90 Å². The third-order valence-electron chi connectivity index (χ3n) is 4.95. The zero-order valence-electron chi connectivity index (χ0n) is 14.2. The van der Waals surface area contributed by atoms with Gasteiger partial charge in [0.15, 0.2) is 0 Å². The topological polar surface area (TPSA) is 41.8 Å². The average molecular weight is 371 g/mol. The molecule has 1 fully saturated rings. The third-order valence-corrected chi connectivity index (χ3v) is 6.90. The van der Waals surface area contributed by atoms with Gasteiger partial charge in [-0.3, -0.25) is 0 Å². The van der Waals surface area contributed by atoms with Gasteiger partial charge < -0.3 is 4.90 Å². The number of halogens is 1. The fourth-order valence-electron chi connectivity index (χ4n) is 3.53. The molecule has 1 heterocycles. The number of hydrogen-bond donors (Lipinski definition) is 1. The summed E-state index contributed by atoms with van der Waals surface area (Å²) in [5, 5.41) is 1.67. The van der Waals surface area contributed by atoms with Crippen LogP contribution in [0.4, 0.5) is 10.1 Å². The highest BCUT2D eigenvalue weighted by atomic mass is 32.2. The summed E-state index contributed by atoms with van der Waals surface area (Å²) in [6, 6.07) is 19.3. The summed E-state index contributed by atoms with van der Waals surface area (Å²) >= 11 is 0. The molecule has 3 aromatic carbocycles. The van der Waals surface area contributed by atoms with Gasteiger partial charge in [0.1, 0.15) is 11.5 Å². The Morgan fingerprint density at radius 3 is 2.23 bits per heavy atom. The number of fused-ring (bicyclic) bond motifs is 1. The average Bonchev–Trinajstić information content (AvgIpc) is 2.68. The molecule has 134 valence electrons. The van der Waals surface area contributed by atoms with Gasteiger partial charge in [0.2, 0.25) is 10.0 Å². The van der Waals surface area contributed by atoms with E-state index in [9.17, 15) is 12.8 Å². The van der Waals surface area contributed by atoms with Crippen LogP contribution in [0.15, 0.2) is 71.6 Å². The van der Waals surface area contributed by atoms with Gasteiger partial charge in [0.25, 0.3) is 0 Å². The second-order valence-corrected chi connectivity index (χ2v) is 8.40. The second-order valence-electron chi connectivity index (χ2n) is 6.49. The van der Waals surface area contributed by atoms with Gasteiger partial charge in [-0.25, -0.2) is 12.8 Å². The molecule has 26 heavy (non-hydrogen) atoms. The molecule has 0 spiro atoms. The Labute approximate surface area is 152 Å². The number of piperazine rings is 1. The Morgan fingerprint density at radius 2 is 1.50 bits per heavy atom. The first kappa shape index (κ1) is 17.1. The molecule has 0 aliphatic carbocycles. The van der Waals surface area contributed by atoms with E-state index in [0.717, 1.165) is 16.5 Å².